The smallest absolute Gasteiger partial charge is 0.243 e. The zero-order valence-electron chi connectivity index (χ0n) is 15.4. The summed E-state index contributed by atoms with van der Waals surface area (Å²) in [6.07, 6.45) is 0. The van der Waals surface area contributed by atoms with E-state index in [1.165, 1.54) is 21.7 Å². The quantitative estimate of drug-likeness (QED) is 0.620. The molecule has 0 spiro atoms. The molecule has 10 heteroatoms. The lowest BCUT2D eigenvalue weighted by Gasteiger charge is -2.26. The topological polar surface area (TPSA) is 110 Å². The molecule has 2 aromatic carbocycles. The molecule has 0 saturated carbocycles. The summed E-state index contributed by atoms with van der Waals surface area (Å²) in [6, 6.07) is 16.0. The summed E-state index contributed by atoms with van der Waals surface area (Å²) in [6.45, 7) is 1.48. The first kappa shape index (κ1) is 19.6. The Bertz CT molecular complexity index is 1120. The van der Waals surface area contributed by atoms with Crippen LogP contribution in [0.5, 0.6) is 0 Å². The van der Waals surface area contributed by atoms with Gasteiger partial charge in [0.05, 0.1) is 23.8 Å². The molecule has 2 N–H and O–H groups in total. The summed E-state index contributed by atoms with van der Waals surface area (Å²) in [5, 5.41) is 9.46. The number of ether oxygens (including phenoxy) is 1. The van der Waals surface area contributed by atoms with Gasteiger partial charge in [-0.3, -0.25) is 0 Å². The highest BCUT2D eigenvalue weighted by molar-refractivity contribution is 7.89. The molecule has 150 valence electrons. The lowest BCUT2D eigenvalue weighted by Crippen LogP contribution is -2.40. The van der Waals surface area contributed by atoms with E-state index < -0.39 is 10.0 Å². The highest BCUT2D eigenvalue weighted by Crippen LogP contribution is 2.37. The second-order valence-corrected chi connectivity index (χ2v) is 9.23. The molecule has 3 aromatic rings. The molecule has 29 heavy (non-hydrogen) atoms. The predicted octanol–water partition coefficient (Wildman–Crippen LogP) is 3.83. The molecule has 0 atom stereocenters. The number of nitrogens with zero attached hydrogens (tertiary/aromatic N) is 4. The summed E-state index contributed by atoms with van der Waals surface area (Å²) in [5.41, 5.74) is 7.83. The second kappa shape index (κ2) is 8.37. The zero-order valence-corrected chi connectivity index (χ0v) is 17.1. The van der Waals surface area contributed by atoms with Crippen LogP contribution >= 0.6 is 11.3 Å². The Balaban J connectivity index is 1.62. The fourth-order valence-electron chi connectivity index (χ4n) is 2.93. The molecule has 8 nitrogen and oxygen atoms in total. The number of thiazole rings is 1. The highest BCUT2D eigenvalue weighted by Gasteiger charge is 2.26. The molecule has 1 fully saturated rings. The third-order valence-corrected chi connectivity index (χ3v) is 7.02. The zero-order chi connectivity index (χ0) is 20.3. The first-order chi connectivity index (χ1) is 14.0. The van der Waals surface area contributed by atoms with Crippen LogP contribution in [-0.4, -0.2) is 44.0 Å². The van der Waals surface area contributed by atoms with Crippen molar-refractivity contribution >= 4 is 37.2 Å². The molecule has 0 bridgehead atoms. The SMILES string of the molecule is Nc1nc(-c2ccccc2)c(N=Nc2cccc(S(=O)(=O)N3CCOCC3)c2)s1. The van der Waals surface area contributed by atoms with E-state index in [0.29, 0.717) is 47.8 Å². The maximum atomic E-state index is 12.8. The van der Waals surface area contributed by atoms with Crippen molar-refractivity contribution in [1.29, 1.82) is 0 Å². The Morgan fingerprint density at radius 3 is 2.55 bits per heavy atom. The number of anilines is 1. The number of morpholine rings is 1. The van der Waals surface area contributed by atoms with Gasteiger partial charge in [0.25, 0.3) is 0 Å². The molecule has 1 saturated heterocycles. The van der Waals surface area contributed by atoms with Crippen LogP contribution in [0, 0.1) is 0 Å². The molecule has 1 aliphatic rings. The van der Waals surface area contributed by atoms with Gasteiger partial charge >= 0.3 is 0 Å². The number of azo groups is 1. The van der Waals surface area contributed by atoms with E-state index >= 15 is 0 Å². The van der Waals surface area contributed by atoms with Crippen molar-refractivity contribution in [3.8, 4) is 11.3 Å². The lowest BCUT2D eigenvalue weighted by molar-refractivity contribution is 0.0730. The highest BCUT2D eigenvalue weighted by atomic mass is 32.2. The normalized spacial score (nSPS) is 15.7. The van der Waals surface area contributed by atoms with Gasteiger partial charge in [0.1, 0.15) is 5.69 Å². The number of aromatic nitrogens is 1. The van der Waals surface area contributed by atoms with Crippen LogP contribution in [0.2, 0.25) is 0 Å². The van der Waals surface area contributed by atoms with Gasteiger partial charge < -0.3 is 10.5 Å². The second-order valence-electron chi connectivity index (χ2n) is 6.29. The standard InChI is InChI=1S/C19H19N5O3S2/c20-19-21-17(14-5-2-1-3-6-14)18(28-19)23-22-15-7-4-8-16(13-15)29(25,26)24-9-11-27-12-10-24/h1-8,13H,9-12H2,(H2,20,21). The van der Waals surface area contributed by atoms with E-state index in [1.807, 2.05) is 30.3 Å². The molecule has 1 aromatic heterocycles. The average Bonchev–Trinajstić information content (AvgIpc) is 3.14. The van der Waals surface area contributed by atoms with Crippen molar-refractivity contribution < 1.29 is 13.2 Å². The van der Waals surface area contributed by atoms with Crippen molar-refractivity contribution in [2.45, 2.75) is 4.90 Å². The van der Waals surface area contributed by atoms with E-state index in [9.17, 15) is 8.42 Å². The van der Waals surface area contributed by atoms with Gasteiger partial charge in [-0.25, -0.2) is 13.4 Å². The predicted molar refractivity (Wildman–Crippen MR) is 112 cm³/mol. The van der Waals surface area contributed by atoms with Crippen LogP contribution in [0.25, 0.3) is 11.3 Å². The maximum absolute atomic E-state index is 12.8. The van der Waals surface area contributed by atoms with Crippen LogP contribution in [0.15, 0.2) is 69.7 Å². The average molecular weight is 430 g/mol. The number of hydrogen-bond donors (Lipinski definition) is 1. The van der Waals surface area contributed by atoms with Crippen LogP contribution in [0.3, 0.4) is 0 Å². The number of nitrogens with two attached hydrogens (primary N) is 1. The molecule has 0 amide bonds. The van der Waals surface area contributed by atoms with E-state index in [2.05, 4.69) is 15.2 Å². The Labute approximate surface area is 172 Å². The fraction of sp³-hybridized carbons (Fsp3) is 0.211. The first-order valence-electron chi connectivity index (χ1n) is 8.95. The number of rotatable bonds is 5. The van der Waals surface area contributed by atoms with Crippen molar-refractivity contribution in [1.82, 2.24) is 9.29 Å². The molecule has 0 unspecified atom stereocenters. The summed E-state index contributed by atoms with van der Waals surface area (Å²) < 4.78 is 32.3. The number of hydrogen-bond acceptors (Lipinski definition) is 8. The van der Waals surface area contributed by atoms with E-state index in [0.717, 1.165) is 5.56 Å². The summed E-state index contributed by atoms with van der Waals surface area (Å²) >= 11 is 1.23. The molecular weight excluding hydrogens is 410 g/mol. The molecule has 0 radical (unpaired) electrons. The number of sulfonamides is 1. The monoisotopic (exact) mass is 429 g/mol. The fourth-order valence-corrected chi connectivity index (χ4v) is 5.05. The van der Waals surface area contributed by atoms with Gasteiger partial charge in [0.15, 0.2) is 10.1 Å². The third-order valence-electron chi connectivity index (χ3n) is 4.35. The van der Waals surface area contributed by atoms with Crippen LogP contribution in [-0.2, 0) is 14.8 Å². The minimum atomic E-state index is -3.59. The Morgan fingerprint density at radius 2 is 1.79 bits per heavy atom. The first-order valence-corrected chi connectivity index (χ1v) is 11.2. The molecule has 4 rings (SSSR count). The van der Waals surface area contributed by atoms with E-state index in [-0.39, 0.29) is 4.90 Å². The van der Waals surface area contributed by atoms with E-state index in [1.54, 1.807) is 18.2 Å². The van der Waals surface area contributed by atoms with Crippen molar-refractivity contribution in [3.63, 3.8) is 0 Å². The van der Waals surface area contributed by atoms with Crippen LogP contribution < -0.4 is 5.73 Å². The van der Waals surface area contributed by atoms with Gasteiger partial charge in [-0.05, 0) is 18.2 Å². The summed E-state index contributed by atoms with van der Waals surface area (Å²) in [4.78, 5) is 4.52. The Hall–Kier alpha value is -2.66. The molecular formula is C19H19N5O3S2. The van der Waals surface area contributed by atoms with Gasteiger partial charge in [-0.15, -0.1) is 10.2 Å². The van der Waals surface area contributed by atoms with Gasteiger partial charge in [-0.2, -0.15) is 4.31 Å². The van der Waals surface area contributed by atoms with Crippen LogP contribution in [0.4, 0.5) is 15.8 Å². The molecule has 1 aliphatic heterocycles. The van der Waals surface area contributed by atoms with Crippen molar-refractivity contribution in [2.24, 2.45) is 10.2 Å². The van der Waals surface area contributed by atoms with Gasteiger partial charge in [0, 0.05) is 18.7 Å². The maximum Gasteiger partial charge on any atom is 0.243 e. The van der Waals surface area contributed by atoms with Gasteiger partial charge in [-0.1, -0.05) is 47.7 Å². The molecule has 2 heterocycles. The summed E-state index contributed by atoms with van der Waals surface area (Å²) in [7, 11) is -3.59. The number of benzene rings is 2. The minimum absolute atomic E-state index is 0.183. The molecule has 0 aliphatic carbocycles. The largest absolute Gasteiger partial charge is 0.379 e. The van der Waals surface area contributed by atoms with Crippen molar-refractivity contribution in [3.05, 3.63) is 54.6 Å². The Morgan fingerprint density at radius 1 is 1.03 bits per heavy atom. The minimum Gasteiger partial charge on any atom is -0.379 e. The Kier molecular flexibility index (Phi) is 5.67. The van der Waals surface area contributed by atoms with Gasteiger partial charge in [0.2, 0.25) is 10.0 Å². The van der Waals surface area contributed by atoms with E-state index in [4.69, 9.17) is 10.5 Å². The summed E-state index contributed by atoms with van der Waals surface area (Å²) in [5.74, 6) is 0. The van der Waals surface area contributed by atoms with Crippen molar-refractivity contribution in [2.75, 3.05) is 32.0 Å². The third kappa shape index (κ3) is 4.35. The lowest BCUT2D eigenvalue weighted by atomic mass is 10.2. The number of nitrogen functional groups attached to an aromatic ring is 1. The van der Waals surface area contributed by atoms with Crippen LogP contribution in [0.1, 0.15) is 0 Å².